The molecule has 1 fully saturated rings. The average Bonchev–Trinajstić information content (AvgIpc) is 3.13. The smallest absolute Gasteiger partial charge is 0.258 e. The first-order valence-electron chi connectivity index (χ1n) is 12.2. The Labute approximate surface area is 200 Å². The molecule has 1 saturated heterocycles. The topological polar surface area (TPSA) is 70.7 Å². The van der Waals surface area contributed by atoms with Crippen molar-refractivity contribution < 1.29 is 14.3 Å². The second-order valence-corrected chi connectivity index (χ2v) is 10.4. The van der Waals surface area contributed by atoms with Crippen molar-refractivity contribution in [1.82, 2.24) is 4.90 Å². The summed E-state index contributed by atoms with van der Waals surface area (Å²) < 4.78 is 5.49. The number of hydrogen-bond donors (Lipinski definition) is 2. The van der Waals surface area contributed by atoms with Gasteiger partial charge in [-0.25, -0.2) is 0 Å². The fourth-order valence-electron chi connectivity index (χ4n) is 4.82. The van der Waals surface area contributed by atoms with E-state index in [9.17, 15) is 9.59 Å². The molecular formula is C26H35N3O3S. The van der Waals surface area contributed by atoms with Crippen LogP contribution in [-0.2, 0) is 17.6 Å². The van der Waals surface area contributed by atoms with E-state index in [0.717, 1.165) is 50.0 Å². The van der Waals surface area contributed by atoms with E-state index in [1.54, 1.807) is 11.3 Å². The molecule has 33 heavy (non-hydrogen) atoms. The third kappa shape index (κ3) is 5.76. The van der Waals surface area contributed by atoms with Gasteiger partial charge in [0, 0.05) is 16.6 Å². The van der Waals surface area contributed by atoms with Gasteiger partial charge in [-0.05, 0) is 88.2 Å². The number of nitrogens with one attached hydrogen (secondary N) is 2. The van der Waals surface area contributed by atoms with Gasteiger partial charge in [0.25, 0.3) is 5.91 Å². The van der Waals surface area contributed by atoms with Crippen molar-refractivity contribution in [3.8, 4) is 5.75 Å². The lowest BCUT2D eigenvalue weighted by atomic mass is 9.88. The van der Waals surface area contributed by atoms with Crippen molar-refractivity contribution in [3.05, 3.63) is 40.3 Å². The molecule has 0 saturated carbocycles. The Hall–Kier alpha value is -2.38. The quantitative estimate of drug-likeness (QED) is 0.574. The molecule has 1 aromatic carbocycles. The SMILES string of the molecule is CCOc1ccc(NC(=O)c2c(NC(=O)CN3CCCC[C@H]3C)sc3c2CC[C@@H](C)C3)cc1. The Morgan fingerprint density at radius 1 is 1.12 bits per heavy atom. The van der Waals surface area contributed by atoms with Crippen LogP contribution in [0.25, 0.3) is 0 Å². The molecule has 2 aliphatic rings. The zero-order valence-corrected chi connectivity index (χ0v) is 20.7. The number of fused-ring (bicyclic) bond motifs is 1. The summed E-state index contributed by atoms with van der Waals surface area (Å²) in [6, 6.07) is 7.82. The van der Waals surface area contributed by atoms with Crippen molar-refractivity contribution in [2.45, 2.75) is 65.3 Å². The van der Waals surface area contributed by atoms with Crippen LogP contribution in [-0.4, -0.2) is 42.5 Å². The fraction of sp³-hybridized carbons (Fsp3) is 0.538. The van der Waals surface area contributed by atoms with E-state index in [4.69, 9.17) is 4.74 Å². The number of nitrogens with zero attached hydrogens (tertiary/aromatic N) is 1. The average molecular weight is 470 g/mol. The second-order valence-electron chi connectivity index (χ2n) is 9.33. The molecule has 4 rings (SSSR count). The Morgan fingerprint density at radius 3 is 2.64 bits per heavy atom. The van der Waals surface area contributed by atoms with E-state index in [-0.39, 0.29) is 11.8 Å². The van der Waals surface area contributed by atoms with Crippen LogP contribution >= 0.6 is 11.3 Å². The third-order valence-electron chi connectivity index (χ3n) is 6.70. The highest BCUT2D eigenvalue weighted by atomic mass is 32.1. The van der Waals surface area contributed by atoms with E-state index in [2.05, 4.69) is 29.4 Å². The molecule has 1 aliphatic heterocycles. The first-order chi connectivity index (χ1) is 15.9. The summed E-state index contributed by atoms with van der Waals surface area (Å²) in [4.78, 5) is 29.8. The highest BCUT2D eigenvalue weighted by Crippen LogP contribution is 2.40. The predicted molar refractivity (Wildman–Crippen MR) is 135 cm³/mol. The number of piperidine rings is 1. The fourth-order valence-corrected chi connectivity index (χ4v) is 6.24. The minimum Gasteiger partial charge on any atom is -0.494 e. The predicted octanol–water partition coefficient (Wildman–Crippen LogP) is 5.34. The summed E-state index contributed by atoms with van der Waals surface area (Å²) in [5, 5.41) is 6.81. The summed E-state index contributed by atoms with van der Waals surface area (Å²) in [6.07, 6.45) is 6.39. The minimum atomic E-state index is -0.159. The van der Waals surface area contributed by atoms with Crippen LogP contribution in [0, 0.1) is 5.92 Å². The van der Waals surface area contributed by atoms with Crippen LogP contribution in [0.2, 0.25) is 0 Å². The van der Waals surface area contributed by atoms with Crippen LogP contribution in [0.15, 0.2) is 24.3 Å². The van der Waals surface area contributed by atoms with Crippen LogP contribution in [0.1, 0.15) is 67.3 Å². The van der Waals surface area contributed by atoms with E-state index in [1.165, 1.54) is 11.3 Å². The molecule has 2 N–H and O–H groups in total. The number of likely N-dealkylation sites (tertiary alicyclic amines) is 1. The van der Waals surface area contributed by atoms with Crippen LogP contribution in [0.5, 0.6) is 5.75 Å². The number of ether oxygens (including phenoxy) is 1. The van der Waals surface area contributed by atoms with Gasteiger partial charge in [0.2, 0.25) is 5.91 Å². The second kappa shape index (κ2) is 10.7. The number of benzene rings is 1. The van der Waals surface area contributed by atoms with Crippen LogP contribution in [0.4, 0.5) is 10.7 Å². The Bertz CT molecular complexity index is 985. The molecule has 0 radical (unpaired) electrons. The van der Waals surface area contributed by atoms with Gasteiger partial charge in [0.05, 0.1) is 18.7 Å². The molecule has 178 valence electrons. The monoisotopic (exact) mass is 469 g/mol. The molecular weight excluding hydrogens is 434 g/mol. The van der Waals surface area contributed by atoms with Gasteiger partial charge >= 0.3 is 0 Å². The van der Waals surface area contributed by atoms with Crippen molar-refractivity contribution >= 4 is 33.8 Å². The lowest BCUT2D eigenvalue weighted by Gasteiger charge is -2.32. The van der Waals surface area contributed by atoms with E-state index in [1.807, 2.05) is 31.2 Å². The molecule has 2 atom stereocenters. The number of carbonyl (C=O) groups is 2. The number of amides is 2. The van der Waals surface area contributed by atoms with E-state index >= 15 is 0 Å². The van der Waals surface area contributed by atoms with Gasteiger partial charge in [0.15, 0.2) is 0 Å². The largest absolute Gasteiger partial charge is 0.494 e. The van der Waals surface area contributed by atoms with Gasteiger partial charge in [-0.3, -0.25) is 14.5 Å². The Balaban J connectivity index is 1.53. The van der Waals surface area contributed by atoms with Crippen LogP contribution < -0.4 is 15.4 Å². The molecule has 2 amide bonds. The molecule has 2 aromatic rings. The Kier molecular flexibility index (Phi) is 7.71. The standard InChI is InChI=1S/C26H35N3O3S/c1-4-32-20-11-9-19(10-12-20)27-25(31)24-21-13-8-17(2)15-22(21)33-26(24)28-23(30)16-29-14-6-5-7-18(29)3/h9-12,17-18H,4-8,13-16H2,1-3H3,(H,27,31)(H,28,30)/t17-,18-/m1/s1. The van der Waals surface area contributed by atoms with Crippen molar-refractivity contribution in [1.29, 1.82) is 0 Å². The van der Waals surface area contributed by atoms with Gasteiger partial charge in [-0.15, -0.1) is 11.3 Å². The van der Waals surface area contributed by atoms with E-state index < -0.39 is 0 Å². The minimum absolute atomic E-state index is 0.0366. The van der Waals surface area contributed by atoms with Gasteiger partial charge in [-0.2, -0.15) is 0 Å². The van der Waals surface area contributed by atoms with E-state index in [0.29, 0.717) is 41.4 Å². The summed E-state index contributed by atoms with van der Waals surface area (Å²) in [5.74, 6) is 1.17. The molecule has 1 aliphatic carbocycles. The summed E-state index contributed by atoms with van der Waals surface area (Å²) in [6.45, 7) is 8.31. The molecule has 6 nitrogen and oxygen atoms in total. The number of hydrogen-bond acceptors (Lipinski definition) is 5. The maximum absolute atomic E-state index is 13.4. The number of anilines is 2. The highest BCUT2D eigenvalue weighted by Gasteiger charge is 2.29. The molecule has 2 heterocycles. The van der Waals surface area contributed by atoms with Crippen molar-refractivity contribution in [2.75, 3.05) is 30.3 Å². The first-order valence-corrected chi connectivity index (χ1v) is 13.0. The lowest BCUT2D eigenvalue weighted by Crippen LogP contribution is -2.42. The normalized spacial score (nSPS) is 20.7. The third-order valence-corrected chi connectivity index (χ3v) is 7.87. The summed E-state index contributed by atoms with van der Waals surface area (Å²) in [5.41, 5.74) is 2.45. The van der Waals surface area contributed by atoms with Gasteiger partial charge in [0.1, 0.15) is 10.8 Å². The zero-order valence-electron chi connectivity index (χ0n) is 19.9. The zero-order chi connectivity index (χ0) is 23.4. The number of thiophene rings is 1. The molecule has 0 unspecified atom stereocenters. The summed E-state index contributed by atoms with van der Waals surface area (Å²) in [7, 11) is 0. The van der Waals surface area contributed by atoms with Gasteiger partial charge < -0.3 is 15.4 Å². The number of carbonyl (C=O) groups excluding carboxylic acids is 2. The molecule has 0 spiro atoms. The number of rotatable bonds is 7. The van der Waals surface area contributed by atoms with Crippen LogP contribution in [0.3, 0.4) is 0 Å². The molecule has 1 aromatic heterocycles. The molecule has 0 bridgehead atoms. The highest BCUT2D eigenvalue weighted by molar-refractivity contribution is 7.17. The van der Waals surface area contributed by atoms with Crippen molar-refractivity contribution in [3.63, 3.8) is 0 Å². The van der Waals surface area contributed by atoms with Gasteiger partial charge in [-0.1, -0.05) is 13.3 Å². The van der Waals surface area contributed by atoms with Crippen molar-refractivity contribution in [2.24, 2.45) is 5.92 Å². The first kappa shape index (κ1) is 23.8. The maximum Gasteiger partial charge on any atom is 0.258 e. The molecule has 7 heteroatoms. The summed E-state index contributed by atoms with van der Waals surface area (Å²) >= 11 is 1.57. The Morgan fingerprint density at radius 2 is 1.91 bits per heavy atom. The maximum atomic E-state index is 13.4. The lowest BCUT2D eigenvalue weighted by molar-refractivity contribution is -0.118.